The first-order valence-electron chi connectivity index (χ1n) is 6.07. The molecule has 1 aromatic carbocycles. The van der Waals surface area contributed by atoms with E-state index in [2.05, 4.69) is 36.0 Å². The van der Waals surface area contributed by atoms with Gasteiger partial charge in [0.05, 0.1) is 0 Å². The summed E-state index contributed by atoms with van der Waals surface area (Å²) in [5, 5.41) is 7.07. The fraction of sp³-hybridized carbons (Fsp3) is 0.267. The van der Waals surface area contributed by atoms with E-state index < -0.39 is 0 Å². The summed E-state index contributed by atoms with van der Waals surface area (Å²) in [7, 11) is 0. The largest absolute Gasteiger partial charge is 0.352 e. The van der Waals surface area contributed by atoms with Gasteiger partial charge in [0.2, 0.25) is 0 Å². The molecule has 0 saturated carbocycles. The normalized spacial score (nSPS) is 10.6. The molecule has 2 nitrogen and oxygen atoms in total. The second-order valence-electron chi connectivity index (χ2n) is 4.69. The van der Waals surface area contributed by atoms with Crippen molar-refractivity contribution in [2.45, 2.75) is 13.8 Å². The van der Waals surface area contributed by atoms with Gasteiger partial charge >= 0.3 is 0 Å². The van der Waals surface area contributed by atoms with E-state index in [1.165, 1.54) is 5.56 Å². The van der Waals surface area contributed by atoms with E-state index >= 15 is 0 Å². The summed E-state index contributed by atoms with van der Waals surface area (Å²) in [4.78, 5) is 11.8. The molecule has 0 aliphatic rings. The first-order valence-corrected chi connectivity index (χ1v) is 7.02. The van der Waals surface area contributed by atoms with Gasteiger partial charge in [-0.25, -0.2) is 0 Å². The van der Waals surface area contributed by atoms with E-state index in [9.17, 15) is 4.79 Å². The standard InChI is InChI=1S/C15H17NOS/c1-11(2)9-16-15(17)13-5-3-12(4-6-13)14-7-8-18-10-14/h3-8,10-11H,9H2,1-2H3,(H,16,17). The summed E-state index contributed by atoms with van der Waals surface area (Å²) in [5.74, 6) is 0.472. The van der Waals surface area contributed by atoms with Gasteiger partial charge in [0, 0.05) is 12.1 Å². The van der Waals surface area contributed by atoms with Crippen LogP contribution in [0.1, 0.15) is 24.2 Å². The predicted molar refractivity (Wildman–Crippen MR) is 76.9 cm³/mol. The Morgan fingerprint density at radius 1 is 1.17 bits per heavy atom. The molecule has 0 spiro atoms. The van der Waals surface area contributed by atoms with Crippen LogP contribution in [-0.2, 0) is 0 Å². The zero-order chi connectivity index (χ0) is 13.0. The van der Waals surface area contributed by atoms with Crippen molar-refractivity contribution in [3.8, 4) is 11.1 Å². The molecule has 94 valence electrons. The number of hydrogen-bond acceptors (Lipinski definition) is 2. The van der Waals surface area contributed by atoms with Crippen LogP contribution in [-0.4, -0.2) is 12.5 Å². The summed E-state index contributed by atoms with van der Waals surface area (Å²) in [6.45, 7) is 4.88. The Morgan fingerprint density at radius 3 is 2.44 bits per heavy atom. The molecule has 0 aliphatic heterocycles. The number of hydrogen-bond donors (Lipinski definition) is 1. The monoisotopic (exact) mass is 259 g/mol. The summed E-state index contributed by atoms with van der Waals surface area (Å²) in [6.07, 6.45) is 0. The van der Waals surface area contributed by atoms with E-state index in [1.807, 2.05) is 24.3 Å². The van der Waals surface area contributed by atoms with Crippen LogP contribution < -0.4 is 5.32 Å². The molecule has 0 atom stereocenters. The van der Waals surface area contributed by atoms with Gasteiger partial charge < -0.3 is 5.32 Å². The van der Waals surface area contributed by atoms with Gasteiger partial charge in [-0.2, -0.15) is 11.3 Å². The van der Waals surface area contributed by atoms with Crippen molar-refractivity contribution in [3.63, 3.8) is 0 Å². The minimum absolute atomic E-state index is 0.000527. The third-order valence-corrected chi connectivity index (χ3v) is 3.36. The summed E-state index contributed by atoms with van der Waals surface area (Å²) < 4.78 is 0. The highest BCUT2D eigenvalue weighted by Crippen LogP contribution is 2.22. The second kappa shape index (κ2) is 5.83. The number of nitrogens with one attached hydrogen (secondary N) is 1. The number of carbonyl (C=O) groups excluding carboxylic acids is 1. The topological polar surface area (TPSA) is 29.1 Å². The van der Waals surface area contributed by atoms with Crippen LogP contribution in [0.5, 0.6) is 0 Å². The fourth-order valence-electron chi connectivity index (χ4n) is 1.64. The van der Waals surface area contributed by atoms with Crippen LogP contribution in [0, 0.1) is 5.92 Å². The van der Waals surface area contributed by atoms with Gasteiger partial charge in [-0.15, -0.1) is 0 Å². The SMILES string of the molecule is CC(C)CNC(=O)c1ccc(-c2ccsc2)cc1. The minimum atomic E-state index is 0.000527. The average Bonchev–Trinajstić information content (AvgIpc) is 2.90. The van der Waals surface area contributed by atoms with E-state index in [0.29, 0.717) is 12.5 Å². The van der Waals surface area contributed by atoms with Crippen molar-refractivity contribution in [2.24, 2.45) is 5.92 Å². The van der Waals surface area contributed by atoms with Gasteiger partial charge in [0.15, 0.2) is 0 Å². The summed E-state index contributed by atoms with van der Waals surface area (Å²) in [5.41, 5.74) is 3.07. The minimum Gasteiger partial charge on any atom is -0.352 e. The zero-order valence-corrected chi connectivity index (χ0v) is 11.5. The molecule has 1 heterocycles. The molecule has 0 unspecified atom stereocenters. The lowest BCUT2D eigenvalue weighted by Gasteiger charge is -2.08. The Morgan fingerprint density at radius 2 is 1.89 bits per heavy atom. The molecule has 1 amide bonds. The molecular weight excluding hydrogens is 242 g/mol. The van der Waals surface area contributed by atoms with Gasteiger partial charge in [-0.1, -0.05) is 26.0 Å². The third kappa shape index (κ3) is 3.20. The molecule has 0 radical (unpaired) electrons. The Kier molecular flexibility index (Phi) is 4.15. The van der Waals surface area contributed by atoms with Crippen molar-refractivity contribution >= 4 is 17.2 Å². The van der Waals surface area contributed by atoms with E-state index in [-0.39, 0.29) is 5.91 Å². The van der Waals surface area contributed by atoms with Crippen molar-refractivity contribution < 1.29 is 4.79 Å². The molecular formula is C15H17NOS. The number of amides is 1. The van der Waals surface area contributed by atoms with Crippen molar-refractivity contribution in [1.82, 2.24) is 5.32 Å². The molecule has 2 rings (SSSR count). The lowest BCUT2D eigenvalue weighted by molar-refractivity contribution is 0.0949. The Hall–Kier alpha value is -1.61. The predicted octanol–water partition coefficient (Wildman–Crippen LogP) is 3.80. The highest BCUT2D eigenvalue weighted by atomic mass is 32.1. The van der Waals surface area contributed by atoms with Crippen molar-refractivity contribution in [3.05, 3.63) is 46.7 Å². The Balaban J connectivity index is 2.06. The Labute approximate surface area is 112 Å². The second-order valence-corrected chi connectivity index (χ2v) is 5.47. The van der Waals surface area contributed by atoms with Gasteiger partial charge in [-0.3, -0.25) is 4.79 Å². The maximum Gasteiger partial charge on any atom is 0.251 e. The number of rotatable bonds is 4. The smallest absolute Gasteiger partial charge is 0.251 e. The molecule has 2 aromatic rings. The maximum absolute atomic E-state index is 11.8. The quantitative estimate of drug-likeness (QED) is 0.889. The van der Waals surface area contributed by atoms with Gasteiger partial charge in [0.25, 0.3) is 5.91 Å². The van der Waals surface area contributed by atoms with Crippen molar-refractivity contribution in [2.75, 3.05) is 6.54 Å². The van der Waals surface area contributed by atoms with E-state index in [4.69, 9.17) is 0 Å². The Bertz CT molecular complexity index is 500. The molecule has 0 bridgehead atoms. The highest BCUT2D eigenvalue weighted by molar-refractivity contribution is 7.08. The number of carbonyl (C=O) groups is 1. The number of thiophene rings is 1. The molecule has 18 heavy (non-hydrogen) atoms. The molecule has 0 aliphatic carbocycles. The molecule has 3 heteroatoms. The molecule has 1 aromatic heterocycles. The highest BCUT2D eigenvalue weighted by Gasteiger charge is 2.06. The summed E-state index contributed by atoms with van der Waals surface area (Å²) in [6, 6.07) is 9.82. The maximum atomic E-state index is 11.8. The lowest BCUT2D eigenvalue weighted by Crippen LogP contribution is -2.27. The van der Waals surface area contributed by atoms with Crippen molar-refractivity contribution in [1.29, 1.82) is 0 Å². The molecule has 1 N–H and O–H groups in total. The van der Waals surface area contributed by atoms with Gasteiger partial charge in [-0.05, 0) is 46.0 Å². The average molecular weight is 259 g/mol. The lowest BCUT2D eigenvalue weighted by atomic mass is 10.1. The van der Waals surface area contributed by atoms with Crippen LogP contribution in [0.2, 0.25) is 0 Å². The van der Waals surface area contributed by atoms with Crippen LogP contribution in [0.4, 0.5) is 0 Å². The first kappa shape index (κ1) is 12.8. The van der Waals surface area contributed by atoms with Crippen LogP contribution in [0.15, 0.2) is 41.1 Å². The summed E-state index contributed by atoms with van der Waals surface area (Å²) >= 11 is 1.68. The third-order valence-electron chi connectivity index (χ3n) is 2.67. The van der Waals surface area contributed by atoms with Gasteiger partial charge in [0.1, 0.15) is 0 Å². The molecule has 0 fully saturated rings. The fourth-order valence-corrected chi connectivity index (χ4v) is 2.31. The zero-order valence-electron chi connectivity index (χ0n) is 10.6. The molecule has 0 saturated heterocycles. The van der Waals surface area contributed by atoms with Crippen LogP contribution in [0.25, 0.3) is 11.1 Å². The van der Waals surface area contributed by atoms with E-state index in [1.54, 1.807) is 11.3 Å². The van der Waals surface area contributed by atoms with Crippen LogP contribution in [0.3, 0.4) is 0 Å². The van der Waals surface area contributed by atoms with Crippen LogP contribution >= 0.6 is 11.3 Å². The number of benzene rings is 1. The van der Waals surface area contributed by atoms with E-state index in [0.717, 1.165) is 11.1 Å². The first-order chi connectivity index (χ1) is 8.66.